The van der Waals surface area contributed by atoms with Crippen LogP contribution in [0.25, 0.3) is 0 Å². The number of rotatable bonds is 5. The monoisotopic (exact) mass is 494 g/mol. The third kappa shape index (κ3) is 4.31. The molecule has 2 aliphatic heterocycles. The zero-order valence-corrected chi connectivity index (χ0v) is 20.0. The zero-order chi connectivity index (χ0) is 24.2. The topological polar surface area (TPSA) is 118 Å². The Bertz CT molecular complexity index is 1250. The molecule has 1 saturated heterocycles. The van der Waals surface area contributed by atoms with Crippen LogP contribution in [0.15, 0.2) is 18.2 Å². The first-order chi connectivity index (χ1) is 16.9. The summed E-state index contributed by atoms with van der Waals surface area (Å²) in [6.45, 7) is 0.698. The van der Waals surface area contributed by atoms with Crippen molar-refractivity contribution in [3.05, 3.63) is 50.5 Å². The Morgan fingerprint density at radius 2 is 2.09 bits per heavy atom. The van der Waals surface area contributed by atoms with Gasteiger partial charge in [-0.3, -0.25) is 19.7 Å². The number of carbonyl (C=O) groups is 4. The molecule has 35 heavy (non-hydrogen) atoms. The summed E-state index contributed by atoms with van der Waals surface area (Å²) in [7, 11) is 0. The molecule has 4 aliphatic rings. The van der Waals surface area contributed by atoms with Gasteiger partial charge in [-0.2, -0.15) is 0 Å². The smallest absolute Gasteiger partial charge is 0.407 e. The summed E-state index contributed by atoms with van der Waals surface area (Å²) in [6, 6.07) is 4.79. The standard InChI is InChI=1S/C25H26N4O5S/c30-20-4-3-18(22(31)28-20)29-12-15-2-1-14(9-16(15)23(29)32)11-26-24(33)34-13-21-27-17-5-6-25(7-8-25)10-19(17)35-21/h1-2,9,18H,3-8,10-13H2,(H,26,33)(H,28,30,31). The number of nitrogens with zero attached hydrogens (tertiary/aromatic N) is 2. The first-order valence-electron chi connectivity index (χ1n) is 12.0. The highest BCUT2D eigenvalue weighted by Crippen LogP contribution is 2.55. The maximum absolute atomic E-state index is 12.9. The first-order valence-corrected chi connectivity index (χ1v) is 12.9. The minimum atomic E-state index is -0.643. The van der Waals surface area contributed by atoms with Crippen molar-refractivity contribution in [2.24, 2.45) is 5.41 Å². The predicted molar refractivity (Wildman–Crippen MR) is 125 cm³/mol. The molecule has 3 heterocycles. The molecular weight excluding hydrogens is 468 g/mol. The van der Waals surface area contributed by atoms with E-state index in [-0.39, 0.29) is 31.4 Å². The highest BCUT2D eigenvalue weighted by atomic mass is 32.1. The summed E-state index contributed by atoms with van der Waals surface area (Å²) in [6.07, 6.45) is 6.02. The second-order valence-electron chi connectivity index (χ2n) is 9.98. The van der Waals surface area contributed by atoms with Gasteiger partial charge in [0.25, 0.3) is 5.91 Å². The lowest BCUT2D eigenvalue weighted by Crippen LogP contribution is -2.52. The molecule has 6 rings (SSSR count). The fourth-order valence-electron chi connectivity index (χ4n) is 5.31. The van der Waals surface area contributed by atoms with Gasteiger partial charge in [0.1, 0.15) is 17.7 Å². The molecule has 0 bridgehead atoms. The summed E-state index contributed by atoms with van der Waals surface area (Å²) in [4.78, 5) is 56.3. The minimum absolute atomic E-state index is 0.153. The molecular formula is C25H26N4O5S. The number of aryl methyl sites for hydroxylation is 1. The lowest BCUT2D eigenvalue weighted by molar-refractivity contribution is -0.136. The average Bonchev–Trinajstić information content (AvgIpc) is 3.33. The number of hydrogen-bond donors (Lipinski definition) is 2. The molecule has 1 unspecified atom stereocenters. The lowest BCUT2D eigenvalue weighted by Gasteiger charge is -2.29. The van der Waals surface area contributed by atoms with Crippen molar-refractivity contribution in [3.63, 3.8) is 0 Å². The summed E-state index contributed by atoms with van der Waals surface area (Å²) in [5.41, 5.74) is 3.81. The van der Waals surface area contributed by atoms with Crippen LogP contribution in [0.3, 0.4) is 0 Å². The molecule has 2 aromatic rings. The first kappa shape index (κ1) is 22.2. The van der Waals surface area contributed by atoms with Gasteiger partial charge in [-0.25, -0.2) is 9.78 Å². The van der Waals surface area contributed by atoms with Gasteiger partial charge < -0.3 is 15.0 Å². The van der Waals surface area contributed by atoms with E-state index < -0.39 is 18.0 Å². The molecule has 10 heteroatoms. The second-order valence-corrected chi connectivity index (χ2v) is 11.1. The normalized spacial score (nSPS) is 22.0. The van der Waals surface area contributed by atoms with Gasteiger partial charge in [0.15, 0.2) is 0 Å². The van der Waals surface area contributed by atoms with Crippen LogP contribution in [-0.2, 0) is 46.9 Å². The number of aromatic nitrogens is 1. The van der Waals surface area contributed by atoms with Gasteiger partial charge in [-0.05, 0) is 61.1 Å². The Morgan fingerprint density at radius 3 is 2.89 bits per heavy atom. The molecule has 9 nitrogen and oxygen atoms in total. The van der Waals surface area contributed by atoms with E-state index in [1.807, 2.05) is 12.1 Å². The van der Waals surface area contributed by atoms with Crippen LogP contribution >= 0.6 is 11.3 Å². The van der Waals surface area contributed by atoms with E-state index in [2.05, 4.69) is 15.6 Å². The number of nitrogens with one attached hydrogen (secondary N) is 2. The van der Waals surface area contributed by atoms with E-state index in [4.69, 9.17) is 4.74 Å². The van der Waals surface area contributed by atoms with E-state index in [0.717, 1.165) is 29.0 Å². The Morgan fingerprint density at radius 1 is 1.23 bits per heavy atom. The fraction of sp³-hybridized carbons (Fsp3) is 0.480. The van der Waals surface area contributed by atoms with Crippen molar-refractivity contribution in [3.8, 4) is 0 Å². The van der Waals surface area contributed by atoms with Crippen LogP contribution in [-0.4, -0.2) is 39.7 Å². The lowest BCUT2D eigenvalue weighted by atomic mass is 9.88. The number of piperidine rings is 1. The van der Waals surface area contributed by atoms with Gasteiger partial charge in [0.05, 0.1) is 5.69 Å². The minimum Gasteiger partial charge on any atom is -0.442 e. The molecule has 1 saturated carbocycles. The van der Waals surface area contributed by atoms with Crippen LogP contribution in [0.2, 0.25) is 0 Å². The maximum Gasteiger partial charge on any atom is 0.407 e. The fourth-order valence-corrected chi connectivity index (χ4v) is 6.51. The van der Waals surface area contributed by atoms with E-state index in [1.54, 1.807) is 17.4 Å². The third-order valence-corrected chi connectivity index (χ3v) is 8.63. The Labute approximate surface area is 206 Å². The Hall–Kier alpha value is -3.27. The zero-order valence-electron chi connectivity index (χ0n) is 19.2. The summed E-state index contributed by atoms with van der Waals surface area (Å²) < 4.78 is 5.38. The number of amides is 4. The van der Waals surface area contributed by atoms with Crippen LogP contribution in [0.1, 0.15) is 69.2 Å². The highest BCUT2D eigenvalue weighted by molar-refractivity contribution is 7.11. The number of hydrogen-bond acceptors (Lipinski definition) is 7. The van der Waals surface area contributed by atoms with Crippen LogP contribution in [0.5, 0.6) is 0 Å². The molecule has 4 amide bonds. The SMILES string of the molecule is O=C1CCC(N2Cc3ccc(CNC(=O)OCc4nc5c(s4)CC4(CC5)CC4)cc3C2=O)C(=O)N1. The molecule has 1 atom stereocenters. The number of ether oxygens (including phenoxy) is 1. The Balaban J connectivity index is 1.02. The number of alkyl carbamates (subject to hydrolysis) is 1. The van der Waals surface area contributed by atoms with Crippen molar-refractivity contribution in [2.45, 2.75) is 70.7 Å². The molecule has 2 fully saturated rings. The molecule has 1 aromatic carbocycles. The van der Waals surface area contributed by atoms with E-state index in [1.165, 1.54) is 34.7 Å². The molecule has 0 radical (unpaired) electrons. The third-order valence-electron chi connectivity index (χ3n) is 7.56. The van der Waals surface area contributed by atoms with Gasteiger partial charge >= 0.3 is 6.09 Å². The van der Waals surface area contributed by atoms with Crippen molar-refractivity contribution >= 4 is 35.2 Å². The summed E-state index contributed by atoms with van der Waals surface area (Å²) in [5.74, 6) is -0.975. The van der Waals surface area contributed by atoms with Crippen LogP contribution < -0.4 is 10.6 Å². The summed E-state index contributed by atoms with van der Waals surface area (Å²) >= 11 is 1.65. The van der Waals surface area contributed by atoms with Crippen LogP contribution in [0, 0.1) is 5.41 Å². The van der Waals surface area contributed by atoms with Crippen molar-refractivity contribution < 1.29 is 23.9 Å². The number of fused-ring (bicyclic) bond motifs is 2. The van der Waals surface area contributed by atoms with Gasteiger partial charge in [0.2, 0.25) is 11.8 Å². The largest absolute Gasteiger partial charge is 0.442 e. The molecule has 182 valence electrons. The summed E-state index contributed by atoms with van der Waals surface area (Å²) in [5, 5.41) is 5.87. The molecule has 1 spiro atoms. The van der Waals surface area contributed by atoms with E-state index in [0.29, 0.717) is 23.9 Å². The number of benzene rings is 1. The van der Waals surface area contributed by atoms with E-state index >= 15 is 0 Å². The molecule has 1 aromatic heterocycles. The maximum atomic E-state index is 12.9. The molecule has 2 aliphatic carbocycles. The quantitative estimate of drug-likeness (QED) is 0.617. The number of carbonyl (C=O) groups excluding carboxylic acids is 4. The molecule has 2 N–H and O–H groups in total. The highest BCUT2D eigenvalue weighted by Gasteiger charge is 2.45. The van der Waals surface area contributed by atoms with Crippen molar-refractivity contribution in [1.29, 1.82) is 0 Å². The van der Waals surface area contributed by atoms with Gasteiger partial charge in [-0.1, -0.05) is 12.1 Å². The van der Waals surface area contributed by atoms with Gasteiger partial charge in [0, 0.05) is 30.0 Å². The number of thiazole rings is 1. The Kier molecular flexibility index (Phi) is 5.36. The average molecular weight is 495 g/mol. The number of imide groups is 1. The van der Waals surface area contributed by atoms with Gasteiger partial charge in [-0.15, -0.1) is 11.3 Å². The predicted octanol–water partition coefficient (Wildman–Crippen LogP) is 2.60. The second kappa shape index (κ2) is 8.44. The van der Waals surface area contributed by atoms with Crippen LogP contribution in [0.4, 0.5) is 4.79 Å². The van der Waals surface area contributed by atoms with Crippen molar-refractivity contribution in [2.75, 3.05) is 0 Å². The van der Waals surface area contributed by atoms with Crippen molar-refractivity contribution in [1.82, 2.24) is 20.5 Å². The van der Waals surface area contributed by atoms with E-state index in [9.17, 15) is 19.2 Å².